The minimum Gasteiger partial charge on any atom is -0.491 e. The summed E-state index contributed by atoms with van der Waals surface area (Å²) < 4.78 is 10.9. The molecule has 1 amide bonds. The lowest BCUT2D eigenvalue weighted by molar-refractivity contribution is -0.128. The molecular formula is C23H33N5O3. The molecule has 0 aliphatic carbocycles. The Labute approximate surface area is 184 Å². The van der Waals surface area contributed by atoms with Gasteiger partial charge in [0.05, 0.1) is 13.2 Å². The molecule has 8 heteroatoms. The number of carbonyl (C=O) groups is 1. The maximum atomic E-state index is 12.4. The number of aryl methyl sites for hydroxylation is 1. The Morgan fingerprint density at radius 3 is 2.74 bits per heavy atom. The minimum atomic E-state index is -0.0159. The van der Waals surface area contributed by atoms with Gasteiger partial charge >= 0.3 is 0 Å². The lowest BCUT2D eigenvalue weighted by Crippen LogP contribution is -2.43. The Hall–Kier alpha value is -3.13. The SMILES string of the molecule is CN=C(NCC(=O)N(C)CCc1ccccn1)NCc1ccc(C)cc1OCCOC. The highest BCUT2D eigenvalue weighted by Gasteiger charge is 2.11. The molecule has 0 aliphatic heterocycles. The maximum Gasteiger partial charge on any atom is 0.241 e. The maximum absolute atomic E-state index is 12.4. The number of carbonyl (C=O) groups excluding carboxylic acids is 1. The molecule has 2 rings (SSSR count). The highest BCUT2D eigenvalue weighted by atomic mass is 16.5. The monoisotopic (exact) mass is 427 g/mol. The van der Waals surface area contributed by atoms with Crippen molar-refractivity contribution in [3.8, 4) is 5.75 Å². The lowest BCUT2D eigenvalue weighted by Gasteiger charge is -2.19. The van der Waals surface area contributed by atoms with Crippen LogP contribution in [0.5, 0.6) is 5.75 Å². The second-order valence-corrected chi connectivity index (χ2v) is 7.12. The van der Waals surface area contributed by atoms with E-state index in [9.17, 15) is 4.79 Å². The van der Waals surface area contributed by atoms with E-state index in [1.807, 2.05) is 43.3 Å². The summed E-state index contributed by atoms with van der Waals surface area (Å²) in [6.07, 6.45) is 2.48. The van der Waals surface area contributed by atoms with Crippen LogP contribution >= 0.6 is 0 Å². The number of rotatable bonds is 11. The predicted octanol–water partition coefficient (Wildman–Crippen LogP) is 1.78. The van der Waals surface area contributed by atoms with Gasteiger partial charge in [0.1, 0.15) is 12.4 Å². The number of nitrogens with one attached hydrogen (secondary N) is 2. The van der Waals surface area contributed by atoms with Crippen molar-refractivity contribution in [2.75, 3.05) is 47.5 Å². The van der Waals surface area contributed by atoms with Gasteiger partial charge in [-0.05, 0) is 30.7 Å². The second kappa shape index (κ2) is 13.2. The molecule has 1 aromatic carbocycles. The largest absolute Gasteiger partial charge is 0.491 e. The summed E-state index contributed by atoms with van der Waals surface area (Å²) in [7, 11) is 5.11. The number of benzene rings is 1. The molecule has 8 nitrogen and oxygen atoms in total. The highest BCUT2D eigenvalue weighted by molar-refractivity contribution is 5.86. The number of aliphatic imine (C=N–C) groups is 1. The first kappa shape index (κ1) is 24.1. The van der Waals surface area contributed by atoms with Gasteiger partial charge in [0.25, 0.3) is 0 Å². The fraction of sp³-hybridized carbons (Fsp3) is 0.435. The number of nitrogens with zero attached hydrogens (tertiary/aromatic N) is 3. The van der Waals surface area contributed by atoms with Crippen LogP contribution in [0, 0.1) is 6.92 Å². The van der Waals surface area contributed by atoms with Crippen molar-refractivity contribution in [3.63, 3.8) is 0 Å². The summed E-state index contributed by atoms with van der Waals surface area (Å²) in [6, 6.07) is 11.9. The molecule has 1 heterocycles. The molecular weight excluding hydrogens is 394 g/mol. The number of hydrogen-bond donors (Lipinski definition) is 2. The second-order valence-electron chi connectivity index (χ2n) is 7.12. The molecule has 168 valence electrons. The topological polar surface area (TPSA) is 88.1 Å². The zero-order valence-corrected chi connectivity index (χ0v) is 18.9. The Morgan fingerprint density at radius 1 is 1.19 bits per heavy atom. The van der Waals surface area contributed by atoms with Crippen LogP contribution in [0.3, 0.4) is 0 Å². The van der Waals surface area contributed by atoms with Crippen molar-refractivity contribution >= 4 is 11.9 Å². The molecule has 0 radical (unpaired) electrons. The van der Waals surface area contributed by atoms with E-state index in [1.54, 1.807) is 32.3 Å². The first-order valence-corrected chi connectivity index (χ1v) is 10.3. The number of guanidine groups is 1. The van der Waals surface area contributed by atoms with E-state index in [1.165, 1.54) is 0 Å². The molecule has 1 aromatic heterocycles. The van der Waals surface area contributed by atoms with E-state index < -0.39 is 0 Å². The van der Waals surface area contributed by atoms with E-state index in [4.69, 9.17) is 9.47 Å². The van der Waals surface area contributed by atoms with Crippen molar-refractivity contribution in [2.45, 2.75) is 19.9 Å². The number of aromatic nitrogens is 1. The van der Waals surface area contributed by atoms with Crippen molar-refractivity contribution in [1.29, 1.82) is 0 Å². The number of ether oxygens (including phenoxy) is 2. The molecule has 0 unspecified atom stereocenters. The summed E-state index contributed by atoms with van der Waals surface area (Å²) >= 11 is 0. The molecule has 31 heavy (non-hydrogen) atoms. The van der Waals surface area contributed by atoms with Gasteiger partial charge in [-0.3, -0.25) is 14.8 Å². The highest BCUT2D eigenvalue weighted by Crippen LogP contribution is 2.20. The minimum absolute atomic E-state index is 0.0159. The Balaban J connectivity index is 1.81. The van der Waals surface area contributed by atoms with Crippen LogP contribution in [0.1, 0.15) is 16.8 Å². The van der Waals surface area contributed by atoms with Gasteiger partial charge in [-0.1, -0.05) is 18.2 Å². The number of amides is 1. The molecule has 0 aliphatic rings. The number of pyridine rings is 1. The molecule has 0 atom stereocenters. The summed E-state index contributed by atoms with van der Waals surface area (Å²) in [6.45, 7) is 4.32. The molecule has 2 N–H and O–H groups in total. The van der Waals surface area contributed by atoms with E-state index in [0.717, 1.165) is 29.0 Å². The van der Waals surface area contributed by atoms with Crippen LogP contribution < -0.4 is 15.4 Å². The lowest BCUT2D eigenvalue weighted by atomic mass is 10.1. The van der Waals surface area contributed by atoms with E-state index in [0.29, 0.717) is 32.3 Å². The van der Waals surface area contributed by atoms with Gasteiger partial charge in [0.2, 0.25) is 5.91 Å². The molecule has 0 spiro atoms. The molecule has 0 bridgehead atoms. The van der Waals surface area contributed by atoms with Crippen LogP contribution in [-0.2, 0) is 22.5 Å². The van der Waals surface area contributed by atoms with Crippen LogP contribution in [-0.4, -0.2) is 69.3 Å². The third-order valence-electron chi connectivity index (χ3n) is 4.70. The molecule has 0 saturated heterocycles. The van der Waals surface area contributed by atoms with Crippen LogP contribution in [0.2, 0.25) is 0 Å². The summed E-state index contributed by atoms with van der Waals surface area (Å²) in [5.74, 6) is 1.35. The first-order chi connectivity index (χ1) is 15.0. The average molecular weight is 428 g/mol. The van der Waals surface area contributed by atoms with Crippen molar-refractivity contribution < 1.29 is 14.3 Å². The fourth-order valence-corrected chi connectivity index (χ4v) is 2.82. The standard InChI is InChI=1S/C23H33N5O3/c1-18-8-9-19(21(15-18)31-14-13-30-4)16-26-23(24-2)27-17-22(29)28(3)12-10-20-7-5-6-11-25-20/h5-9,11,15H,10,12-14,16-17H2,1-4H3,(H2,24,26,27). The van der Waals surface area contributed by atoms with Crippen LogP contribution in [0.4, 0.5) is 0 Å². The van der Waals surface area contributed by atoms with Gasteiger partial charge in [-0.15, -0.1) is 0 Å². The zero-order valence-electron chi connectivity index (χ0n) is 18.9. The normalized spacial score (nSPS) is 11.2. The smallest absolute Gasteiger partial charge is 0.241 e. The fourth-order valence-electron chi connectivity index (χ4n) is 2.82. The summed E-state index contributed by atoms with van der Waals surface area (Å²) in [4.78, 5) is 22.6. The number of hydrogen-bond acceptors (Lipinski definition) is 5. The quantitative estimate of drug-likeness (QED) is 0.323. The number of methoxy groups -OCH3 is 1. The average Bonchev–Trinajstić information content (AvgIpc) is 2.79. The predicted molar refractivity (Wildman–Crippen MR) is 122 cm³/mol. The van der Waals surface area contributed by atoms with Gasteiger partial charge in [0.15, 0.2) is 5.96 Å². The van der Waals surface area contributed by atoms with Crippen LogP contribution in [0.15, 0.2) is 47.6 Å². The Bertz CT molecular complexity index is 842. The zero-order chi connectivity index (χ0) is 22.5. The third kappa shape index (κ3) is 8.64. The van der Waals surface area contributed by atoms with E-state index in [2.05, 4.69) is 20.6 Å². The van der Waals surface area contributed by atoms with Gasteiger partial charge in [-0.25, -0.2) is 0 Å². The van der Waals surface area contributed by atoms with Crippen LogP contribution in [0.25, 0.3) is 0 Å². The Kier molecular flexibility index (Phi) is 10.3. The molecule has 0 fully saturated rings. The van der Waals surface area contributed by atoms with Gasteiger partial charge in [0, 0.05) is 58.2 Å². The van der Waals surface area contributed by atoms with E-state index >= 15 is 0 Å². The van der Waals surface area contributed by atoms with Crippen molar-refractivity contribution in [2.24, 2.45) is 4.99 Å². The Morgan fingerprint density at radius 2 is 2.03 bits per heavy atom. The number of likely N-dealkylation sites (N-methyl/N-ethyl adjacent to an activating group) is 1. The first-order valence-electron chi connectivity index (χ1n) is 10.3. The third-order valence-corrected chi connectivity index (χ3v) is 4.70. The summed E-state index contributed by atoms with van der Waals surface area (Å²) in [5.41, 5.74) is 3.09. The van der Waals surface area contributed by atoms with Gasteiger partial charge < -0.3 is 25.0 Å². The summed E-state index contributed by atoms with van der Waals surface area (Å²) in [5, 5.41) is 6.31. The van der Waals surface area contributed by atoms with E-state index in [-0.39, 0.29) is 12.5 Å². The van der Waals surface area contributed by atoms with Crippen molar-refractivity contribution in [3.05, 3.63) is 59.4 Å². The van der Waals surface area contributed by atoms with Crippen molar-refractivity contribution in [1.82, 2.24) is 20.5 Å². The molecule has 0 saturated carbocycles. The van der Waals surface area contributed by atoms with Gasteiger partial charge in [-0.2, -0.15) is 0 Å². The molecule has 2 aromatic rings.